The van der Waals surface area contributed by atoms with Crippen LogP contribution < -0.4 is 10.1 Å². The summed E-state index contributed by atoms with van der Waals surface area (Å²) in [6.45, 7) is 3.17. The smallest absolute Gasteiger partial charge is 0.221 e. The molecule has 88 valence electrons. The number of anilines is 1. The monoisotopic (exact) mass is 223 g/mol. The largest absolute Gasteiger partial charge is 0.495 e. The summed E-state index contributed by atoms with van der Waals surface area (Å²) in [6, 6.07) is 5.47. The molecule has 0 saturated carbocycles. The second-order valence-electron chi connectivity index (χ2n) is 3.77. The van der Waals surface area contributed by atoms with Gasteiger partial charge in [0, 0.05) is 6.92 Å². The summed E-state index contributed by atoms with van der Waals surface area (Å²) >= 11 is 0. The number of carbonyl (C=O) groups is 1. The van der Waals surface area contributed by atoms with Gasteiger partial charge in [0.15, 0.2) is 0 Å². The second kappa shape index (κ2) is 5.51. The molecule has 1 atom stereocenters. The van der Waals surface area contributed by atoms with E-state index in [0.717, 1.165) is 5.56 Å². The summed E-state index contributed by atoms with van der Waals surface area (Å²) in [7, 11) is 1.55. The Bertz CT molecular complexity index is 375. The summed E-state index contributed by atoms with van der Waals surface area (Å²) in [6.07, 6.45) is 0.148. The van der Waals surface area contributed by atoms with Gasteiger partial charge in [0.05, 0.1) is 18.9 Å². The quantitative estimate of drug-likeness (QED) is 0.814. The molecule has 0 aromatic heterocycles. The van der Waals surface area contributed by atoms with Gasteiger partial charge in [-0.1, -0.05) is 6.07 Å². The van der Waals surface area contributed by atoms with Crippen LogP contribution in [0.3, 0.4) is 0 Å². The van der Waals surface area contributed by atoms with Crippen molar-refractivity contribution in [2.45, 2.75) is 26.4 Å². The number of aliphatic hydroxyl groups is 1. The van der Waals surface area contributed by atoms with Crippen molar-refractivity contribution in [1.82, 2.24) is 0 Å². The Balaban J connectivity index is 2.96. The number of methoxy groups -OCH3 is 1. The summed E-state index contributed by atoms with van der Waals surface area (Å²) in [4.78, 5) is 11.0. The number of carbonyl (C=O) groups excluding carboxylic acids is 1. The molecule has 1 aromatic carbocycles. The van der Waals surface area contributed by atoms with E-state index in [9.17, 15) is 9.90 Å². The van der Waals surface area contributed by atoms with E-state index in [1.165, 1.54) is 6.92 Å². The average molecular weight is 223 g/mol. The van der Waals surface area contributed by atoms with Crippen LogP contribution in [0.5, 0.6) is 5.75 Å². The van der Waals surface area contributed by atoms with Crippen LogP contribution in [-0.4, -0.2) is 24.2 Å². The number of rotatable bonds is 4. The second-order valence-corrected chi connectivity index (χ2v) is 3.77. The zero-order chi connectivity index (χ0) is 12.1. The third kappa shape index (κ3) is 3.55. The molecule has 0 aliphatic carbocycles. The van der Waals surface area contributed by atoms with Crippen molar-refractivity contribution in [2.75, 3.05) is 12.4 Å². The first-order valence-electron chi connectivity index (χ1n) is 5.15. The topological polar surface area (TPSA) is 58.6 Å². The molecule has 1 rings (SSSR count). The third-order valence-electron chi connectivity index (χ3n) is 2.11. The van der Waals surface area contributed by atoms with Crippen LogP contribution in [-0.2, 0) is 11.2 Å². The van der Waals surface area contributed by atoms with Gasteiger partial charge in [0.2, 0.25) is 5.91 Å². The lowest BCUT2D eigenvalue weighted by Gasteiger charge is -2.11. The predicted octanol–water partition coefficient (Wildman–Crippen LogP) is 1.58. The van der Waals surface area contributed by atoms with E-state index in [2.05, 4.69) is 5.32 Å². The average Bonchev–Trinajstić information content (AvgIpc) is 2.16. The minimum atomic E-state index is -0.404. The molecule has 0 aliphatic rings. The van der Waals surface area contributed by atoms with Crippen molar-refractivity contribution < 1.29 is 14.6 Å². The molecule has 0 spiro atoms. The van der Waals surface area contributed by atoms with Gasteiger partial charge in [-0.25, -0.2) is 0 Å². The van der Waals surface area contributed by atoms with Gasteiger partial charge in [-0.05, 0) is 31.0 Å². The molecular formula is C12H17NO3. The Labute approximate surface area is 95.2 Å². The number of aliphatic hydroxyl groups excluding tert-OH is 1. The molecule has 0 fully saturated rings. The number of benzene rings is 1. The first-order chi connectivity index (χ1) is 7.52. The molecule has 2 N–H and O–H groups in total. The van der Waals surface area contributed by atoms with Gasteiger partial charge >= 0.3 is 0 Å². The van der Waals surface area contributed by atoms with Gasteiger partial charge in [-0.2, -0.15) is 0 Å². The molecule has 4 heteroatoms. The fraction of sp³-hybridized carbons (Fsp3) is 0.417. The normalized spacial score (nSPS) is 12.0. The van der Waals surface area contributed by atoms with Crippen LogP contribution in [0.4, 0.5) is 5.69 Å². The van der Waals surface area contributed by atoms with Crippen molar-refractivity contribution in [3.63, 3.8) is 0 Å². The van der Waals surface area contributed by atoms with Crippen LogP contribution in [0.1, 0.15) is 19.4 Å². The van der Waals surface area contributed by atoms with E-state index in [-0.39, 0.29) is 5.91 Å². The maximum atomic E-state index is 11.0. The van der Waals surface area contributed by atoms with Crippen molar-refractivity contribution in [1.29, 1.82) is 0 Å². The molecule has 1 unspecified atom stereocenters. The van der Waals surface area contributed by atoms with Gasteiger partial charge in [0.25, 0.3) is 0 Å². The summed E-state index contributed by atoms with van der Waals surface area (Å²) in [5.74, 6) is 0.469. The molecule has 0 aliphatic heterocycles. The van der Waals surface area contributed by atoms with E-state index in [4.69, 9.17) is 4.74 Å². The Hall–Kier alpha value is -1.55. The minimum Gasteiger partial charge on any atom is -0.495 e. The highest BCUT2D eigenvalue weighted by atomic mass is 16.5. The highest BCUT2D eigenvalue weighted by molar-refractivity contribution is 5.90. The van der Waals surface area contributed by atoms with Crippen LogP contribution in [0.15, 0.2) is 18.2 Å². The van der Waals surface area contributed by atoms with Gasteiger partial charge < -0.3 is 15.2 Å². The lowest BCUT2D eigenvalue weighted by atomic mass is 10.1. The molecule has 0 heterocycles. The van der Waals surface area contributed by atoms with Crippen molar-refractivity contribution in [2.24, 2.45) is 0 Å². The predicted molar refractivity (Wildman–Crippen MR) is 62.7 cm³/mol. The van der Waals surface area contributed by atoms with Crippen LogP contribution in [0, 0.1) is 0 Å². The van der Waals surface area contributed by atoms with Crippen molar-refractivity contribution in [3.05, 3.63) is 23.8 Å². The third-order valence-corrected chi connectivity index (χ3v) is 2.11. The Kier molecular flexibility index (Phi) is 4.31. The SMILES string of the molecule is COc1ccc(CC(C)O)cc1NC(C)=O. The summed E-state index contributed by atoms with van der Waals surface area (Å²) in [5, 5.41) is 12.0. The molecule has 1 aromatic rings. The van der Waals surface area contributed by atoms with E-state index in [0.29, 0.717) is 17.9 Å². The lowest BCUT2D eigenvalue weighted by molar-refractivity contribution is -0.114. The van der Waals surface area contributed by atoms with Crippen LogP contribution in [0.25, 0.3) is 0 Å². The standard InChI is InChI=1S/C12H17NO3/c1-8(14)6-10-4-5-12(16-3)11(7-10)13-9(2)15/h4-5,7-8,14H,6H2,1-3H3,(H,13,15). The Morgan fingerprint density at radius 3 is 2.75 bits per heavy atom. The lowest BCUT2D eigenvalue weighted by Crippen LogP contribution is -2.09. The Morgan fingerprint density at radius 2 is 2.25 bits per heavy atom. The number of hydrogen-bond donors (Lipinski definition) is 2. The van der Waals surface area contributed by atoms with Crippen molar-refractivity contribution in [3.8, 4) is 5.75 Å². The maximum Gasteiger partial charge on any atom is 0.221 e. The van der Waals surface area contributed by atoms with E-state index >= 15 is 0 Å². The molecule has 16 heavy (non-hydrogen) atoms. The van der Waals surface area contributed by atoms with E-state index < -0.39 is 6.10 Å². The first kappa shape index (κ1) is 12.5. The Morgan fingerprint density at radius 1 is 1.56 bits per heavy atom. The highest BCUT2D eigenvalue weighted by Crippen LogP contribution is 2.25. The first-order valence-corrected chi connectivity index (χ1v) is 5.15. The summed E-state index contributed by atoms with van der Waals surface area (Å²) < 4.78 is 5.13. The van der Waals surface area contributed by atoms with Crippen molar-refractivity contribution >= 4 is 11.6 Å². The van der Waals surface area contributed by atoms with Gasteiger partial charge in [0.1, 0.15) is 5.75 Å². The molecule has 0 saturated heterocycles. The highest BCUT2D eigenvalue weighted by Gasteiger charge is 2.07. The van der Waals surface area contributed by atoms with Gasteiger partial charge in [-0.3, -0.25) is 4.79 Å². The maximum absolute atomic E-state index is 11.0. The molecule has 1 amide bonds. The fourth-order valence-electron chi connectivity index (χ4n) is 1.51. The molecule has 0 bridgehead atoms. The van der Waals surface area contributed by atoms with E-state index in [1.54, 1.807) is 20.1 Å². The van der Waals surface area contributed by atoms with Crippen LogP contribution in [0.2, 0.25) is 0 Å². The molecule has 4 nitrogen and oxygen atoms in total. The number of ether oxygens (including phenoxy) is 1. The summed E-state index contributed by atoms with van der Waals surface area (Å²) in [5.41, 5.74) is 1.59. The zero-order valence-corrected chi connectivity index (χ0v) is 9.78. The zero-order valence-electron chi connectivity index (χ0n) is 9.78. The minimum absolute atomic E-state index is 0.146. The molecular weight excluding hydrogens is 206 g/mol. The molecule has 0 radical (unpaired) electrons. The van der Waals surface area contributed by atoms with E-state index in [1.807, 2.05) is 12.1 Å². The fourth-order valence-corrected chi connectivity index (χ4v) is 1.51. The van der Waals surface area contributed by atoms with Crippen LogP contribution >= 0.6 is 0 Å². The number of amides is 1. The van der Waals surface area contributed by atoms with Gasteiger partial charge in [-0.15, -0.1) is 0 Å². The number of hydrogen-bond acceptors (Lipinski definition) is 3. The number of nitrogens with one attached hydrogen (secondary N) is 1.